The predicted octanol–water partition coefficient (Wildman–Crippen LogP) is 4.67. The lowest BCUT2D eigenvalue weighted by Gasteiger charge is -2.23. The Balaban J connectivity index is 0.00000106. The minimum atomic E-state index is -2.82. The molecule has 21 heavy (non-hydrogen) atoms. The highest BCUT2D eigenvalue weighted by molar-refractivity contribution is 5.23. The third-order valence-electron chi connectivity index (χ3n) is 4.14. The van der Waals surface area contributed by atoms with Crippen LogP contribution < -0.4 is 0 Å². The summed E-state index contributed by atoms with van der Waals surface area (Å²) in [6.45, 7) is 15.1. The van der Waals surface area contributed by atoms with E-state index in [4.69, 9.17) is 0 Å². The summed E-state index contributed by atoms with van der Waals surface area (Å²) in [7, 11) is 0. The summed E-state index contributed by atoms with van der Waals surface area (Å²) in [6, 6.07) is 0. The molecule has 1 saturated carbocycles. The molecule has 2 unspecified atom stereocenters. The molecular weight excluding hydrogens is 272 g/mol. The molecule has 0 aromatic rings. The molecule has 0 aromatic carbocycles. The fourth-order valence-electron chi connectivity index (χ4n) is 3.24. The number of ether oxygens (including phenoxy) is 1. The van der Waals surface area contributed by atoms with Crippen LogP contribution in [0.15, 0.2) is 36.8 Å². The SMILES string of the molecule is C=C(/C=C\C(=C)N1CC2C(C1)C2C(C)C)OC(F)F.CC. The van der Waals surface area contributed by atoms with Crippen LogP contribution in [-0.4, -0.2) is 24.6 Å². The molecule has 2 nitrogen and oxygen atoms in total. The topological polar surface area (TPSA) is 12.5 Å². The van der Waals surface area contributed by atoms with E-state index in [1.165, 1.54) is 6.08 Å². The van der Waals surface area contributed by atoms with Gasteiger partial charge in [-0.05, 0) is 35.8 Å². The monoisotopic (exact) mass is 299 g/mol. The number of piperidine rings is 1. The second kappa shape index (κ2) is 7.62. The number of hydrogen-bond donors (Lipinski definition) is 0. The van der Waals surface area contributed by atoms with E-state index in [0.29, 0.717) is 0 Å². The molecule has 2 fully saturated rings. The van der Waals surface area contributed by atoms with Crippen LogP contribution in [0.3, 0.4) is 0 Å². The number of hydrogen-bond acceptors (Lipinski definition) is 2. The zero-order valence-electron chi connectivity index (χ0n) is 13.5. The number of allylic oxidation sites excluding steroid dienone is 2. The number of likely N-dealkylation sites (tertiary alicyclic amines) is 1. The molecule has 120 valence electrons. The molecule has 1 aliphatic heterocycles. The molecule has 1 aliphatic carbocycles. The lowest BCUT2D eigenvalue weighted by Crippen LogP contribution is -2.23. The first kappa shape index (κ1) is 17.7. The summed E-state index contributed by atoms with van der Waals surface area (Å²) >= 11 is 0. The van der Waals surface area contributed by atoms with Crippen LogP contribution in [0.2, 0.25) is 0 Å². The number of halogens is 2. The summed E-state index contributed by atoms with van der Waals surface area (Å²) in [5.41, 5.74) is 0.841. The van der Waals surface area contributed by atoms with E-state index in [-0.39, 0.29) is 5.76 Å². The van der Waals surface area contributed by atoms with Crippen LogP contribution in [-0.2, 0) is 4.74 Å². The summed E-state index contributed by atoms with van der Waals surface area (Å²) < 4.78 is 28.0. The third-order valence-corrected chi connectivity index (χ3v) is 4.14. The van der Waals surface area contributed by atoms with Gasteiger partial charge in [0, 0.05) is 18.8 Å². The Morgan fingerprint density at radius 1 is 1.14 bits per heavy atom. The van der Waals surface area contributed by atoms with Gasteiger partial charge in [0.25, 0.3) is 0 Å². The van der Waals surface area contributed by atoms with Gasteiger partial charge in [-0.3, -0.25) is 0 Å². The van der Waals surface area contributed by atoms with Crippen LogP contribution in [0.1, 0.15) is 27.7 Å². The summed E-state index contributed by atoms with van der Waals surface area (Å²) in [4.78, 5) is 2.21. The van der Waals surface area contributed by atoms with Gasteiger partial charge in [-0.15, -0.1) is 0 Å². The molecule has 2 atom stereocenters. The number of alkyl halides is 2. The van der Waals surface area contributed by atoms with E-state index < -0.39 is 6.61 Å². The van der Waals surface area contributed by atoms with Crippen molar-refractivity contribution in [3.05, 3.63) is 36.8 Å². The third kappa shape index (κ3) is 4.58. The molecule has 2 rings (SSSR count). The lowest BCUT2D eigenvalue weighted by molar-refractivity contribution is -0.0915. The van der Waals surface area contributed by atoms with Gasteiger partial charge in [0.1, 0.15) is 5.76 Å². The number of rotatable bonds is 6. The van der Waals surface area contributed by atoms with Crippen LogP contribution >= 0.6 is 0 Å². The summed E-state index contributed by atoms with van der Waals surface area (Å²) in [6.07, 6.45) is 3.14. The van der Waals surface area contributed by atoms with Crippen molar-refractivity contribution in [3.63, 3.8) is 0 Å². The highest BCUT2D eigenvalue weighted by Crippen LogP contribution is 2.55. The van der Waals surface area contributed by atoms with E-state index in [0.717, 1.165) is 42.5 Å². The second-order valence-electron chi connectivity index (χ2n) is 5.72. The Bertz CT molecular complexity index is 392. The van der Waals surface area contributed by atoms with Crippen molar-refractivity contribution in [1.82, 2.24) is 4.90 Å². The van der Waals surface area contributed by atoms with Gasteiger partial charge in [0.2, 0.25) is 0 Å². The van der Waals surface area contributed by atoms with Gasteiger partial charge < -0.3 is 9.64 Å². The Hall–Kier alpha value is -1.32. The molecule has 1 saturated heterocycles. The molecule has 0 spiro atoms. The zero-order chi connectivity index (χ0) is 16.2. The molecule has 4 heteroatoms. The maximum Gasteiger partial charge on any atom is 0.387 e. The molecular formula is C17H27F2NO. The van der Waals surface area contributed by atoms with Gasteiger partial charge >= 0.3 is 6.61 Å². The van der Waals surface area contributed by atoms with Crippen molar-refractivity contribution in [1.29, 1.82) is 0 Å². The lowest BCUT2D eigenvalue weighted by atomic mass is 10.0. The largest absolute Gasteiger partial charge is 0.435 e. The highest BCUT2D eigenvalue weighted by atomic mass is 19.3. The standard InChI is InChI=1S/C15H21F2NO.C2H6/c1-9(2)14-12-7-18(8-13(12)14)10(3)5-6-11(4)19-15(16)17;1-2/h5-6,9,12-15H,3-4,7-8H2,1-2H3;1-2H3/b6-5-;. The fourth-order valence-corrected chi connectivity index (χ4v) is 3.24. The molecule has 2 aliphatic rings. The first-order valence-corrected chi connectivity index (χ1v) is 7.65. The van der Waals surface area contributed by atoms with Gasteiger partial charge in [-0.1, -0.05) is 40.9 Å². The molecule has 0 amide bonds. The van der Waals surface area contributed by atoms with Gasteiger partial charge in [0.15, 0.2) is 0 Å². The normalized spacial score (nSPS) is 26.7. The van der Waals surface area contributed by atoms with Crippen molar-refractivity contribution >= 4 is 0 Å². The Labute approximate surface area is 127 Å². The second-order valence-corrected chi connectivity index (χ2v) is 5.72. The average molecular weight is 299 g/mol. The molecule has 1 heterocycles. The van der Waals surface area contributed by atoms with Crippen molar-refractivity contribution in [2.75, 3.05) is 13.1 Å². The minimum absolute atomic E-state index is 0.0411. The van der Waals surface area contributed by atoms with Crippen molar-refractivity contribution in [3.8, 4) is 0 Å². The number of nitrogens with zero attached hydrogens (tertiary/aromatic N) is 1. The molecule has 0 N–H and O–H groups in total. The van der Waals surface area contributed by atoms with Crippen molar-refractivity contribution < 1.29 is 13.5 Å². The fraction of sp³-hybridized carbons (Fsp3) is 0.647. The Morgan fingerprint density at radius 2 is 1.67 bits per heavy atom. The quantitative estimate of drug-likeness (QED) is 0.522. The van der Waals surface area contributed by atoms with E-state index in [9.17, 15) is 8.78 Å². The maximum atomic E-state index is 11.9. The van der Waals surface area contributed by atoms with E-state index in [1.807, 2.05) is 13.8 Å². The van der Waals surface area contributed by atoms with Crippen LogP contribution in [0.4, 0.5) is 8.78 Å². The van der Waals surface area contributed by atoms with E-state index >= 15 is 0 Å². The smallest absolute Gasteiger partial charge is 0.387 e. The summed E-state index contributed by atoms with van der Waals surface area (Å²) in [5, 5.41) is 0. The van der Waals surface area contributed by atoms with Crippen LogP contribution in [0.25, 0.3) is 0 Å². The van der Waals surface area contributed by atoms with Crippen LogP contribution in [0.5, 0.6) is 0 Å². The first-order chi connectivity index (χ1) is 9.90. The Kier molecular flexibility index (Phi) is 6.43. The van der Waals surface area contributed by atoms with Crippen LogP contribution in [0, 0.1) is 23.7 Å². The zero-order valence-corrected chi connectivity index (χ0v) is 13.5. The van der Waals surface area contributed by atoms with E-state index in [1.54, 1.807) is 6.08 Å². The average Bonchev–Trinajstić information content (AvgIpc) is 2.94. The molecule has 0 radical (unpaired) electrons. The molecule has 0 aromatic heterocycles. The van der Waals surface area contributed by atoms with Crippen molar-refractivity contribution in [2.24, 2.45) is 23.7 Å². The van der Waals surface area contributed by atoms with Gasteiger partial charge in [-0.2, -0.15) is 8.78 Å². The minimum Gasteiger partial charge on any atom is -0.435 e. The number of fused-ring (bicyclic) bond motifs is 1. The first-order valence-electron chi connectivity index (χ1n) is 7.65. The molecule has 0 bridgehead atoms. The summed E-state index contributed by atoms with van der Waals surface area (Å²) in [5.74, 6) is 3.13. The highest BCUT2D eigenvalue weighted by Gasteiger charge is 2.56. The van der Waals surface area contributed by atoms with Gasteiger partial charge in [-0.25, -0.2) is 0 Å². The predicted molar refractivity (Wildman–Crippen MR) is 82.7 cm³/mol. The van der Waals surface area contributed by atoms with Crippen molar-refractivity contribution in [2.45, 2.75) is 34.3 Å². The van der Waals surface area contributed by atoms with E-state index in [2.05, 4.69) is 36.6 Å². The maximum absolute atomic E-state index is 11.9. The Morgan fingerprint density at radius 3 is 2.10 bits per heavy atom. The van der Waals surface area contributed by atoms with Gasteiger partial charge in [0.05, 0.1) is 0 Å².